The first-order chi connectivity index (χ1) is 13.9. The van der Waals surface area contributed by atoms with Gasteiger partial charge in [-0.3, -0.25) is 4.79 Å². The number of hydrogen-bond acceptors (Lipinski definition) is 6. The first kappa shape index (κ1) is 22.1. The van der Waals surface area contributed by atoms with Crippen molar-refractivity contribution in [2.24, 2.45) is 0 Å². The van der Waals surface area contributed by atoms with Crippen LogP contribution in [0, 0.1) is 0 Å². The van der Waals surface area contributed by atoms with Crippen molar-refractivity contribution in [2.45, 2.75) is 26.5 Å². The van der Waals surface area contributed by atoms with Crippen molar-refractivity contribution in [3.8, 4) is 17.2 Å². The Morgan fingerprint density at radius 2 is 1.55 bits per heavy atom. The largest absolute Gasteiger partial charge is 0.497 e. The predicted molar refractivity (Wildman–Crippen MR) is 108 cm³/mol. The summed E-state index contributed by atoms with van der Waals surface area (Å²) < 4.78 is 21.1. The lowest BCUT2D eigenvalue weighted by molar-refractivity contribution is -0.157. The van der Waals surface area contributed by atoms with Crippen molar-refractivity contribution < 1.29 is 28.5 Å². The number of nitrogens with zero attached hydrogens (tertiary/aromatic N) is 1. The van der Waals surface area contributed by atoms with Crippen LogP contribution in [0.4, 0.5) is 0 Å². The second-order valence-electron chi connectivity index (χ2n) is 6.37. The minimum atomic E-state index is -0.840. The number of amides is 1. The molecular formula is C22H27NO6. The molecule has 7 nitrogen and oxygen atoms in total. The number of benzene rings is 2. The van der Waals surface area contributed by atoms with E-state index in [1.165, 1.54) is 4.90 Å². The van der Waals surface area contributed by atoms with Crippen LogP contribution in [-0.4, -0.2) is 50.3 Å². The quantitative estimate of drug-likeness (QED) is 0.570. The first-order valence-electron chi connectivity index (χ1n) is 9.36. The van der Waals surface area contributed by atoms with Gasteiger partial charge in [0.1, 0.15) is 17.2 Å². The summed E-state index contributed by atoms with van der Waals surface area (Å²) in [6.45, 7) is 4.15. The van der Waals surface area contributed by atoms with Gasteiger partial charge in [0, 0.05) is 13.6 Å². The maximum Gasteiger partial charge on any atom is 0.347 e. The van der Waals surface area contributed by atoms with Gasteiger partial charge in [0.15, 0.2) is 12.7 Å². The van der Waals surface area contributed by atoms with E-state index in [2.05, 4.69) is 0 Å². The Hall–Kier alpha value is -3.22. The summed E-state index contributed by atoms with van der Waals surface area (Å²) in [5.41, 5.74) is 0.951. The van der Waals surface area contributed by atoms with Crippen LogP contribution in [0.2, 0.25) is 0 Å². The maximum absolute atomic E-state index is 12.2. The predicted octanol–water partition coefficient (Wildman–Crippen LogP) is 3.06. The van der Waals surface area contributed by atoms with Gasteiger partial charge in [0.25, 0.3) is 5.91 Å². The molecule has 7 heteroatoms. The number of methoxy groups -OCH3 is 1. The SMILES string of the molecule is CCOc1ccc(CN(C)C(=O)COC(=O)C(C)Oc2ccc(OC)cc2)cc1. The summed E-state index contributed by atoms with van der Waals surface area (Å²) in [6, 6.07) is 14.3. The first-order valence-corrected chi connectivity index (χ1v) is 9.36. The summed E-state index contributed by atoms with van der Waals surface area (Å²) in [7, 11) is 3.23. The molecule has 0 radical (unpaired) electrons. The average molecular weight is 401 g/mol. The molecule has 2 aromatic rings. The van der Waals surface area contributed by atoms with Crippen molar-refractivity contribution in [3.63, 3.8) is 0 Å². The van der Waals surface area contributed by atoms with E-state index in [1.807, 2.05) is 31.2 Å². The third-order valence-electron chi connectivity index (χ3n) is 4.12. The van der Waals surface area contributed by atoms with Crippen LogP contribution in [0.25, 0.3) is 0 Å². The number of carbonyl (C=O) groups excluding carboxylic acids is 2. The standard InChI is InChI=1S/C22H27NO6/c1-5-27-19-8-6-17(7-9-19)14-23(3)21(24)15-28-22(25)16(2)29-20-12-10-18(26-4)11-13-20/h6-13,16H,5,14-15H2,1-4H3. The van der Waals surface area contributed by atoms with E-state index >= 15 is 0 Å². The molecule has 0 aliphatic heterocycles. The van der Waals surface area contributed by atoms with Crippen molar-refractivity contribution in [1.29, 1.82) is 0 Å². The number of esters is 1. The van der Waals surface area contributed by atoms with Crippen LogP contribution >= 0.6 is 0 Å². The average Bonchev–Trinajstić information content (AvgIpc) is 2.73. The number of likely N-dealkylation sites (N-methyl/N-ethyl adjacent to an activating group) is 1. The number of rotatable bonds is 10. The number of carbonyl (C=O) groups is 2. The van der Waals surface area contributed by atoms with Crippen LogP contribution < -0.4 is 14.2 Å². The van der Waals surface area contributed by atoms with E-state index in [0.717, 1.165) is 11.3 Å². The third-order valence-corrected chi connectivity index (χ3v) is 4.12. The van der Waals surface area contributed by atoms with E-state index in [9.17, 15) is 9.59 Å². The minimum Gasteiger partial charge on any atom is -0.497 e. The normalized spacial score (nSPS) is 11.3. The molecule has 2 aromatic carbocycles. The van der Waals surface area contributed by atoms with E-state index in [0.29, 0.717) is 24.7 Å². The fourth-order valence-electron chi connectivity index (χ4n) is 2.49. The van der Waals surface area contributed by atoms with Gasteiger partial charge in [-0.25, -0.2) is 4.79 Å². The van der Waals surface area contributed by atoms with Crippen LogP contribution in [0.3, 0.4) is 0 Å². The van der Waals surface area contributed by atoms with E-state index < -0.39 is 12.1 Å². The van der Waals surface area contributed by atoms with Crippen molar-refractivity contribution in [2.75, 3.05) is 27.4 Å². The molecule has 1 atom stereocenters. The molecule has 0 aliphatic carbocycles. The maximum atomic E-state index is 12.2. The topological polar surface area (TPSA) is 74.3 Å². The zero-order valence-electron chi connectivity index (χ0n) is 17.2. The lowest BCUT2D eigenvalue weighted by Crippen LogP contribution is -2.34. The molecule has 0 spiro atoms. The molecule has 1 unspecified atom stereocenters. The Balaban J connectivity index is 1.77. The van der Waals surface area contributed by atoms with Crippen LogP contribution in [-0.2, 0) is 20.9 Å². The molecule has 156 valence electrons. The number of ether oxygens (including phenoxy) is 4. The highest BCUT2D eigenvalue weighted by Gasteiger charge is 2.19. The Labute approximate surface area is 171 Å². The molecule has 0 aliphatic rings. The lowest BCUT2D eigenvalue weighted by Gasteiger charge is -2.19. The Morgan fingerprint density at radius 3 is 2.14 bits per heavy atom. The van der Waals surface area contributed by atoms with Gasteiger partial charge in [0.05, 0.1) is 13.7 Å². The van der Waals surface area contributed by atoms with Gasteiger partial charge in [0.2, 0.25) is 0 Å². The molecule has 0 bridgehead atoms. The zero-order chi connectivity index (χ0) is 21.2. The van der Waals surface area contributed by atoms with E-state index in [4.69, 9.17) is 18.9 Å². The molecule has 0 heterocycles. The molecule has 1 amide bonds. The highest BCUT2D eigenvalue weighted by Crippen LogP contribution is 2.18. The molecule has 0 saturated carbocycles. The fourth-order valence-corrected chi connectivity index (χ4v) is 2.49. The summed E-state index contributed by atoms with van der Waals surface area (Å²) >= 11 is 0. The Bertz CT molecular complexity index is 788. The highest BCUT2D eigenvalue weighted by atomic mass is 16.6. The summed E-state index contributed by atoms with van der Waals surface area (Å²) in [5, 5.41) is 0. The van der Waals surface area contributed by atoms with E-state index in [-0.39, 0.29) is 12.5 Å². The van der Waals surface area contributed by atoms with Gasteiger partial charge in [-0.1, -0.05) is 12.1 Å². The molecule has 2 rings (SSSR count). The summed E-state index contributed by atoms with van der Waals surface area (Å²) in [5.74, 6) is 1.07. The van der Waals surface area contributed by atoms with Crippen LogP contribution in [0.15, 0.2) is 48.5 Å². The fraction of sp³-hybridized carbons (Fsp3) is 0.364. The Kier molecular flexibility index (Phi) is 8.33. The van der Waals surface area contributed by atoms with Gasteiger partial charge in [-0.15, -0.1) is 0 Å². The molecule has 0 saturated heterocycles. The minimum absolute atomic E-state index is 0.302. The van der Waals surface area contributed by atoms with Crippen molar-refractivity contribution >= 4 is 11.9 Å². The van der Waals surface area contributed by atoms with Crippen molar-refractivity contribution in [3.05, 3.63) is 54.1 Å². The van der Waals surface area contributed by atoms with Crippen molar-refractivity contribution in [1.82, 2.24) is 4.90 Å². The molecule has 0 aromatic heterocycles. The summed E-state index contributed by atoms with van der Waals surface area (Å²) in [4.78, 5) is 25.8. The molecule has 0 N–H and O–H groups in total. The second-order valence-corrected chi connectivity index (χ2v) is 6.37. The number of hydrogen-bond donors (Lipinski definition) is 0. The Morgan fingerprint density at radius 1 is 0.966 bits per heavy atom. The zero-order valence-corrected chi connectivity index (χ0v) is 17.2. The van der Waals surface area contributed by atoms with E-state index in [1.54, 1.807) is 45.3 Å². The van der Waals surface area contributed by atoms with Gasteiger partial charge in [-0.05, 0) is 55.8 Å². The van der Waals surface area contributed by atoms with Gasteiger partial charge >= 0.3 is 5.97 Å². The lowest BCUT2D eigenvalue weighted by atomic mass is 10.2. The van der Waals surface area contributed by atoms with Gasteiger partial charge in [-0.2, -0.15) is 0 Å². The monoisotopic (exact) mass is 401 g/mol. The smallest absolute Gasteiger partial charge is 0.347 e. The second kappa shape index (κ2) is 10.9. The van der Waals surface area contributed by atoms with Gasteiger partial charge < -0.3 is 23.8 Å². The van der Waals surface area contributed by atoms with Crippen LogP contribution in [0.5, 0.6) is 17.2 Å². The summed E-state index contributed by atoms with van der Waals surface area (Å²) in [6.07, 6.45) is -0.840. The molecule has 29 heavy (non-hydrogen) atoms. The van der Waals surface area contributed by atoms with Crippen LogP contribution in [0.1, 0.15) is 19.4 Å². The highest BCUT2D eigenvalue weighted by molar-refractivity contribution is 5.82. The molecular weight excluding hydrogens is 374 g/mol. The molecule has 0 fully saturated rings. The third kappa shape index (κ3) is 7.03.